The van der Waals surface area contributed by atoms with Crippen LogP contribution in [0.5, 0.6) is 0 Å². The molecule has 18 heavy (non-hydrogen) atoms. The molecule has 1 aromatic heterocycles. The molecule has 3 aromatic rings. The van der Waals surface area contributed by atoms with Crippen molar-refractivity contribution in [1.29, 1.82) is 0 Å². The first-order valence-corrected chi connectivity index (χ1v) is 6.52. The van der Waals surface area contributed by atoms with Crippen LogP contribution in [-0.2, 0) is 0 Å². The molecule has 90 valence electrons. The molecule has 0 aliphatic rings. The van der Waals surface area contributed by atoms with Gasteiger partial charge in [0, 0.05) is 15.7 Å². The summed E-state index contributed by atoms with van der Waals surface area (Å²) in [6, 6.07) is 11.3. The summed E-state index contributed by atoms with van der Waals surface area (Å²) in [5, 5.41) is 0.643. The Bertz CT molecular complexity index is 736. The van der Waals surface area contributed by atoms with Gasteiger partial charge in [-0.2, -0.15) is 0 Å². The Morgan fingerprint density at radius 2 is 2.06 bits per heavy atom. The number of nitrogens with zero attached hydrogens (tertiary/aromatic N) is 1. The van der Waals surface area contributed by atoms with Crippen molar-refractivity contribution < 1.29 is 0 Å². The third-order valence-electron chi connectivity index (χ3n) is 2.71. The summed E-state index contributed by atoms with van der Waals surface area (Å²) >= 11 is 9.66. The number of fused-ring (bicyclic) bond motifs is 1. The van der Waals surface area contributed by atoms with Crippen molar-refractivity contribution in [3.8, 4) is 11.4 Å². The summed E-state index contributed by atoms with van der Waals surface area (Å²) in [5.74, 6) is 0.738. The molecule has 0 radical (unpaired) electrons. The monoisotopic (exact) mass is 321 g/mol. The van der Waals surface area contributed by atoms with Crippen LogP contribution in [-0.4, -0.2) is 9.97 Å². The van der Waals surface area contributed by atoms with Gasteiger partial charge in [0.15, 0.2) is 0 Å². The van der Waals surface area contributed by atoms with Crippen LogP contribution < -0.4 is 5.73 Å². The zero-order valence-electron chi connectivity index (χ0n) is 9.24. The Hall–Kier alpha value is -1.52. The van der Waals surface area contributed by atoms with Crippen LogP contribution in [0.15, 0.2) is 40.9 Å². The van der Waals surface area contributed by atoms with Gasteiger partial charge < -0.3 is 10.7 Å². The molecule has 0 aliphatic carbocycles. The number of imidazole rings is 1. The van der Waals surface area contributed by atoms with Crippen molar-refractivity contribution in [1.82, 2.24) is 9.97 Å². The van der Waals surface area contributed by atoms with Gasteiger partial charge in [-0.05, 0) is 46.3 Å². The van der Waals surface area contributed by atoms with Gasteiger partial charge in [0.2, 0.25) is 0 Å². The van der Waals surface area contributed by atoms with Gasteiger partial charge in [0.25, 0.3) is 0 Å². The Morgan fingerprint density at radius 1 is 1.22 bits per heavy atom. The lowest BCUT2D eigenvalue weighted by Crippen LogP contribution is -1.83. The zero-order chi connectivity index (χ0) is 12.7. The van der Waals surface area contributed by atoms with Crippen molar-refractivity contribution in [3.05, 3.63) is 45.9 Å². The highest BCUT2D eigenvalue weighted by Crippen LogP contribution is 2.33. The number of aromatic amines is 1. The van der Waals surface area contributed by atoms with Crippen LogP contribution in [0.4, 0.5) is 5.69 Å². The molecule has 0 fully saturated rings. The van der Waals surface area contributed by atoms with E-state index in [0.717, 1.165) is 26.9 Å². The number of hydrogen-bond acceptors (Lipinski definition) is 2. The first-order valence-electron chi connectivity index (χ1n) is 5.35. The fourth-order valence-corrected chi connectivity index (χ4v) is 2.42. The van der Waals surface area contributed by atoms with E-state index in [-0.39, 0.29) is 0 Å². The number of H-pyrrole nitrogens is 1. The van der Waals surface area contributed by atoms with E-state index < -0.39 is 0 Å². The number of hydrogen-bond donors (Lipinski definition) is 2. The Balaban J connectivity index is 2.22. The minimum atomic E-state index is 0.643. The Kier molecular flexibility index (Phi) is 2.76. The predicted octanol–water partition coefficient (Wildman–Crippen LogP) is 4.23. The van der Waals surface area contributed by atoms with Crippen molar-refractivity contribution in [2.45, 2.75) is 0 Å². The molecule has 5 heteroatoms. The lowest BCUT2D eigenvalue weighted by molar-refractivity contribution is 1.33. The highest BCUT2D eigenvalue weighted by molar-refractivity contribution is 9.10. The average Bonchev–Trinajstić information content (AvgIpc) is 2.75. The molecule has 0 saturated carbocycles. The molecular formula is C13H9BrClN3. The second-order valence-electron chi connectivity index (χ2n) is 3.96. The van der Waals surface area contributed by atoms with E-state index >= 15 is 0 Å². The van der Waals surface area contributed by atoms with E-state index in [2.05, 4.69) is 25.9 Å². The number of nitrogens with two attached hydrogens (primary N) is 1. The molecule has 0 unspecified atom stereocenters. The summed E-state index contributed by atoms with van der Waals surface area (Å²) in [5.41, 5.74) is 9.09. The molecule has 0 bridgehead atoms. The molecular weight excluding hydrogens is 314 g/mol. The van der Waals surface area contributed by atoms with E-state index in [4.69, 9.17) is 17.3 Å². The zero-order valence-corrected chi connectivity index (χ0v) is 11.6. The lowest BCUT2D eigenvalue weighted by Gasteiger charge is -2.01. The summed E-state index contributed by atoms with van der Waals surface area (Å²) in [6.45, 7) is 0. The van der Waals surface area contributed by atoms with E-state index in [9.17, 15) is 0 Å². The number of nitrogens with one attached hydrogen (secondary N) is 1. The maximum absolute atomic E-state index is 6.26. The number of halogens is 2. The van der Waals surface area contributed by atoms with Gasteiger partial charge in [0.1, 0.15) is 5.82 Å². The van der Waals surface area contributed by atoms with E-state index in [1.54, 1.807) is 0 Å². The fourth-order valence-electron chi connectivity index (χ4n) is 1.84. The van der Waals surface area contributed by atoms with Gasteiger partial charge in [-0.25, -0.2) is 4.98 Å². The van der Waals surface area contributed by atoms with E-state index in [1.807, 2.05) is 36.4 Å². The smallest absolute Gasteiger partial charge is 0.140 e. The molecule has 3 N–H and O–H groups in total. The molecule has 1 heterocycles. The molecule has 0 amide bonds. The van der Waals surface area contributed by atoms with Gasteiger partial charge in [-0.1, -0.05) is 17.7 Å². The molecule has 0 aliphatic heterocycles. The van der Waals surface area contributed by atoms with Crippen LogP contribution >= 0.6 is 27.5 Å². The molecule has 3 nitrogen and oxygen atoms in total. The lowest BCUT2D eigenvalue weighted by atomic mass is 10.2. The largest absolute Gasteiger partial charge is 0.399 e. The minimum Gasteiger partial charge on any atom is -0.399 e. The number of aromatic nitrogens is 2. The topological polar surface area (TPSA) is 54.7 Å². The summed E-state index contributed by atoms with van der Waals surface area (Å²) in [6.07, 6.45) is 0. The van der Waals surface area contributed by atoms with Gasteiger partial charge in [-0.3, -0.25) is 0 Å². The van der Waals surface area contributed by atoms with Crippen LogP contribution in [0.3, 0.4) is 0 Å². The number of nitrogen functional groups attached to an aromatic ring is 1. The Morgan fingerprint density at radius 3 is 2.89 bits per heavy atom. The molecule has 0 spiro atoms. The first-order chi connectivity index (χ1) is 8.65. The van der Waals surface area contributed by atoms with Crippen molar-refractivity contribution >= 4 is 44.3 Å². The van der Waals surface area contributed by atoms with Gasteiger partial charge >= 0.3 is 0 Å². The third kappa shape index (κ3) is 1.87. The number of benzene rings is 2. The number of rotatable bonds is 1. The Labute approximate surface area is 117 Å². The summed E-state index contributed by atoms with van der Waals surface area (Å²) in [7, 11) is 0. The van der Waals surface area contributed by atoms with Crippen LogP contribution in [0, 0.1) is 0 Å². The van der Waals surface area contributed by atoms with E-state index in [1.165, 1.54) is 0 Å². The maximum Gasteiger partial charge on any atom is 0.140 e. The molecule has 0 saturated heterocycles. The maximum atomic E-state index is 6.26. The second-order valence-corrected chi connectivity index (χ2v) is 5.20. The van der Waals surface area contributed by atoms with Crippen LogP contribution in [0.25, 0.3) is 22.4 Å². The third-order valence-corrected chi connectivity index (χ3v) is 4.01. The van der Waals surface area contributed by atoms with Crippen LogP contribution in [0.1, 0.15) is 0 Å². The fraction of sp³-hybridized carbons (Fsp3) is 0. The van der Waals surface area contributed by atoms with Crippen LogP contribution in [0.2, 0.25) is 5.02 Å². The van der Waals surface area contributed by atoms with Crippen molar-refractivity contribution in [3.63, 3.8) is 0 Å². The van der Waals surface area contributed by atoms with Crippen molar-refractivity contribution in [2.75, 3.05) is 5.73 Å². The minimum absolute atomic E-state index is 0.643. The average molecular weight is 323 g/mol. The number of anilines is 1. The predicted molar refractivity (Wildman–Crippen MR) is 78.7 cm³/mol. The molecule has 3 rings (SSSR count). The van der Waals surface area contributed by atoms with Gasteiger partial charge in [0.05, 0.1) is 16.1 Å². The van der Waals surface area contributed by atoms with Crippen molar-refractivity contribution in [2.24, 2.45) is 0 Å². The molecule has 0 atom stereocenters. The molecule has 2 aromatic carbocycles. The summed E-state index contributed by atoms with van der Waals surface area (Å²) in [4.78, 5) is 7.73. The van der Waals surface area contributed by atoms with E-state index in [0.29, 0.717) is 10.7 Å². The highest BCUT2D eigenvalue weighted by Gasteiger charge is 2.10. The quantitative estimate of drug-likeness (QED) is 0.659. The highest BCUT2D eigenvalue weighted by atomic mass is 79.9. The van der Waals surface area contributed by atoms with Gasteiger partial charge in [-0.15, -0.1) is 0 Å². The summed E-state index contributed by atoms with van der Waals surface area (Å²) < 4.78 is 0.849. The first kappa shape index (κ1) is 11.6. The second kappa shape index (κ2) is 4.30. The normalized spacial score (nSPS) is 11.0. The standard InChI is InChI=1S/C13H9BrClN3/c14-9-3-1-2-8(12(9)15)13-17-10-5-4-7(16)6-11(10)18-13/h1-6H,16H2,(H,17,18). The SMILES string of the molecule is Nc1ccc2nc(-c3cccc(Br)c3Cl)[nH]c2c1.